The van der Waals surface area contributed by atoms with Crippen LogP contribution in [-0.4, -0.2) is 80.5 Å². The number of likely N-dealkylation sites (N-methyl/N-ethyl adjacent to an activating group) is 1. The largest absolute Gasteiger partial charge is 0.383 e. The third-order valence-electron chi connectivity index (χ3n) is 4.23. The molecule has 1 aromatic heterocycles. The molecule has 7 nitrogen and oxygen atoms in total. The zero-order chi connectivity index (χ0) is 17.6. The van der Waals surface area contributed by atoms with Crippen molar-refractivity contribution in [2.45, 2.75) is 19.0 Å². The number of carbonyl (C=O) groups is 1. The van der Waals surface area contributed by atoms with Crippen LogP contribution in [0.3, 0.4) is 0 Å². The monoisotopic (exact) mass is 355 g/mol. The maximum Gasteiger partial charge on any atom is 0.237 e. The second-order valence-corrected chi connectivity index (χ2v) is 8.37. The summed E-state index contributed by atoms with van der Waals surface area (Å²) in [7, 11) is 0.453. The van der Waals surface area contributed by atoms with Gasteiger partial charge < -0.3 is 9.64 Å². The Morgan fingerprint density at radius 1 is 1.46 bits per heavy atom. The number of hydrogen-bond donors (Lipinski definition) is 0. The minimum absolute atomic E-state index is 0.0392. The van der Waals surface area contributed by atoms with E-state index in [1.165, 1.54) is 0 Å². The van der Waals surface area contributed by atoms with Crippen molar-refractivity contribution >= 4 is 15.7 Å². The molecule has 1 fully saturated rings. The quantitative estimate of drug-likeness (QED) is 0.662. The van der Waals surface area contributed by atoms with Crippen LogP contribution in [0.25, 0.3) is 0 Å². The van der Waals surface area contributed by atoms with E-state index in [4.69, 9.17) is 4.74 Å². The van der Waals surface area contributed by atoms with Gasteiger partial charge >= 0.3 is 0 Å². The summed E-state index contributed by atoms with van der Waals surface area (Å²) in [5.41, 5.74) is 0.952. The lowest BCUT2D eigenvalue weighted by Crippen LogP contribution is -2.44. The van der Waals surface area contributed by atoms with E-state index in [-0.39, 0.29) is 30.0 Å². The summed E-state index contributed by atoms with van der Waals surface area (Å²) in [5, 5.41) is 0. The van der Waals surface area contributed by atoms with Crippen LogP contribution in [0.2, 0.25) is 0 Å². The fourth-order valence-corrected chi connectivity index (χ4v) is 4.58. The molecule has 1 atom stereocenters. The number of aromatic nitrogens is 1. The average Bonchev–Trinajstić information content (AvgIpc) is 2.92. The Labute approximate surface area is 143 Å². The predicted octanol–water partition coefficient (Wildman–Crippen LogP) is 0.176. The van der Waals surface area contributed by atoms with E-state index in [0.717, 1.165) is 5.56 Å². The lowest BCUT2D eigenvalue weighted by molar-refractivity contribution is -0.133. The summed E-state index contributed by atoms with van der Waals surface area (Å²) >= 11 is 0. The molecule has 0 unspecified atom stereocenters. The standard InChI is InChI=1S/C16H25N3O4S/c1-18(15-5-9-24(21,22)13-15)12-16(20)19(7-8-23-2)11-14-4-3-6-17-10-14/h3-4,6,10,15H,5,7-9,11-13H2,1-2H3/t15-/m1/s1. The highest BCUT2D eigenvalue weighted by molar-refractivity contribution is 7.91. The Morgan fingerprint density at radius 2 is 2.25 bits per heavy atom. The highest BCUT2D eigenvalue weighted by atomic mass is 32.2. The Morgan fingerprint density at radius 3 is 2.83 bits per heavy atom. The molecule has 1 amide bonds. The molecule has 1 aliphatic rings. The molecule has 0 aliphatic carbocycles. The van der Waals surface area contributed by atoms with Crippen LogP contribution in [0, 0.1) is 0 Å². The molecule has 24 heavy (non-hydrogen) atoms. The Hall–Kier alpha value is -1.51. The number of rotatable bonds is 8. The zero-order valence-corrected chi connectivity index (χ0v) is 15.0. The highest BCUT2D eigenvalue weighted by Crippen LogP contribution is 2.16. The highest BCUT2D eigenvalue weighted by Gasteiger charge is 2.31. The molecule has 8 heteroatoms. The Bertz CT molecular complexity index is 636. The first-order chi connectivity index (χ1) is 11.4. The van der Waals surface area contributed by atoms with Gasteiger partial charge in [0.25, 0.3) is 0 Å². The van der Waals surface area contributed by atoms with Gasteiger partial charge in [-0.2, -0.15) is 0 Å². The van der Waals surface area contributed by atoms with Crippen molar-refractivity contribution in [1.82, 2.24) is 14.8 Å². The first-order valence-electron chi connectivity index (χ1n) is 7.97. The fourth-order valence-electron chi connectivity index (χ4n) is 2.77. The van der Waals surface area contributed by atoms with Crippen molar-refractivity contribution in [3.8, 4) is 0 Å². The molecule has 0 saturated carbocycles. The molecule has 0 spiro atoms. The third-order valence-corrected chi connectivity index (χ3v) is 5.98. The van der Waals surface area contributed by atoms with E-state index in [1.807, 2.05) is 24.1 Å². The van der Waals surface area contributed by atoms with Gasteiger partial charge in [-0.25, -0.2) is 8.42 Å². The number of methoxy groups -OCH3 is 1. The maximum atomic E-state index is 12.6. The maximum absolute atomic E-state index is 12.6. The van der Waals surface area contributed by atoms with Crippen molar-refractivity contribution in [2.75, 3.05) is 45.4 Å². The number of hydrogen-bond acceptors (Lipinski definition) is 6. The van der Waals surface area contributed by atoms with E-state index in [0.29, 0.717) is 26.1 Å². The van der Waals surface area contributed by atoms with E-state index >= 15 is 0 Å². The molecular weight excluding hydrogens is 330 g/mol. The van der Waals surface area contributed by atoms with Gasteiger partial charge in [-0.05, 0) is 25.1 Å². The lowest BCUT2D eigenvalue weighted by Gasteiger charge is -2.28. The minimum atomic E-state index is -2.95. The summed E-state index contributed by atoms with van der Waals surface area (Å²) in [6.45, 7) is 1.60. The predicted molar refractivity (Wildman–Crippen MR) is 91.2 cm³/mol. The summed E-state index contributed by atoms with van der Waals surface area (Å²) in [4.78, 5) is 20.3. The van der Waals surface area contributed by atoms with Gasteiger partial charge in [-0.3, -0.25) is 14.7 Å². The Balaban J connectivity index is 1.96. The van der Waals surface area contributed by atoms with E-state index in [2.05, 4.69) is 4.98 Å². The van der Waals surface area contributed by atoms with Crippen LogP contribution in [0.15, 0.2) is 24.5 Å². The molecule has 2 rings (SSSR count). The molecule has 0 radical (unpaired) electrons. The van der Waals surface area contributed by atoms with E-state index in [1.54, 1.807) is 24.4 Å². The van der Waals surface area contributed by atoms with Gasteiger partial charge in [0.1, 0.15) is 0 Å². The van der Waals surface area contributed by atoms with Crippen molar-refractivity contribution in [1.29, 1.82) is 0 Å². The Kier molecular flexibility index (Phi) is 6.70. The second kappa shape index (κ2) is 8.55. The fraction of sp³-hybridized carbons (Fsp3) is 0.625. The summed E-state index contributed by atoms with van der Waals surface area (Å²) in [6.07, 6.45) is 4.02. The van der Waals surface area contributed by atoms with Gasteiger partial charge in [0.15, 0.2) is 9.84 Å². The van der Waals surface area contributed by atoms with E-state index in [9.17, 15) is 13.2 Å². The molecular formula is C16H25N3O4S. The molecule has 0 N–H and O–H groups in total. The summed E-state index contributed by atoms with van der Waals surface area (Å²) in [5.74, 6) is 0.305. The molecule has 0 aromatic carbocycles. The van der Waals surface area contributed by atoms with Gasteiger partial charge in [-0.1, -0.05) is 6.07 Å². The smallest absolute Gasteiger partial charge is 0.237 e. The first kappa shape index (κ1) is 18.8. The zero-order valence-electron chi connectivity index (χ0n) is 14.2. The van der Waals surface area contributed by atoms with Crippen LogP contribution in [0.1, 0.15) is 12.0 Å². The van der Waals surface area contributed by atoms with Gasteiger partial charge in [0.2, 0.25) is 5.91 Å². The van der Waals surface area contributed by atoms with Crippen LogP contribution >= 0.6 is 0 Å². The number of amides is 1. The second-order valence-electron chi connectivity index (χ2n) is 6.14. The molecule has 0 bridgehead atoms. The molecule has 1 aromatic rings. The van der Waals surface area contributed by atoms with Crippen LogP contribution in [-0.2, 0) is 25.9 Å². The lowest BCUT2D eigenvalue weighted by atomic mass is 10.2. The van der Waals surface area contributed by atoms with Crippen molar-refractivity contribution < 1.29 is 17.9 Å². The summed E-state index contributed by atoms with van der Waals surface area (Å²) in [6, 6.07) is 3.68. The number of ether oxygens (including phenoxy) is 1. The van der Waals surface area contributed by atoms with Gasteiger partial charge in [0.05, 0.1) is 24.7 Å². The van der Waals surface area contributed by atoms with Crippen molar-refractivity contribution in [2.24, 2.45) is 0 Å². The minimum Gasteiger partial charge on any atom is -0.383 e. The van der Waals surface area contributed by atoms with Crippen molar-refractivity contribution in [3.05, 3.63) is 30.1 Å². The van der Waals surface area contributed by atoms with Crippen molar-refractivity contribution in [3.63, 3.8) is 0 Å². The number of nitrogens with zero attached hydrogens (tertiary/aromatic N) is 3. The number of pyridine rings is 1. The summed E-state index contributed by atoms with van der Waals surface area (Å²) < 4.78 is 28.3. The third kappa shape index (κ3) is 5.54. The van der Waals surface area contributed by atoms with Gasteiger partial charge in [0, 0.05) is 38.6 Å². The number of carbonyl (C=O) groups excluding carboxylic acids is 1. The SMILES string of the molecule is COCCN(Cc1cccnc1)C(=O)CN(C)[C@@H]1CCS(=O)(=O)C1. The molecule has 134 valence electrons. The molecule has 2 heterocycles. The van der Waals surface area contributed by atoms with Crippen LogP contribution in [0.5, 0.6) is 0 Å². The average molecular weight is 355 g/mol. The topological polar surface area (TPSA) is 79.8 Å². The van der Waals surface area contributed by atoms with Crippen LogP contribution < -0.4 is 0 Å². The molecule has 1 saturated heterocycles. The normalized spacial score (nSPS) is 19.5. The van der Waals surface area contributed by atoms with Crippen LogP contribution in [0.4, 0.5) is 0 Å². The molecule has 1 aliphatic heterocycles. The van der Waals surface area contributed by atoms with E-state index < -0.39 is 9.84 Å². The first-order valence-corrected chi connectivity index (χ1v) is 9.79. The number of sulfone groups is 1. The van der Waals surface area contributed by atoms with Gasteiger partial charge in [-0.15, -0.1) is 0 Å².